The first-order valence-electron chi connectivity index (χ1n) is 7.53. The highest BCUT2D eigenvalue weighted by Crippen LogP contribution is 2.12. The average molecular weight is 290 g/mol. The smallest absolute Gasteiger partial charge is 0.408 e. The van der Waals surface area contributed by atoms with Gasteiger partial charge in [-0.3, -0.25) is 9.36 Å². The molecule has 1 aromatic heterocycles. The molecule has 1 heterocycles. The van der Waals surface area contributed by atoms with Crippen LogP contribution in [0.15, 0.2) is 33.5 Å². The van der Waals surface area contributed by atoms with Gasteiger partial charge in [0, 0.05) is 26.1 Å². The fourth-order valence-corrected chi connectivity index (χ4v) is 2.40. The van der Waals surface area contributed by atoms with E-state index in [9.17, 15) is 9.59 Å². The second-order valence-electron chi connectivity index (χ2n) is 5.06. The van der Waals surface area contributed by atoms with Crippen LogP contribution in [0.5, 0.6) is 0 Å². The lowest BCUT2D eigenvalue weighted by Crippen LogP contribution is -2.33. The molecular weight excluding hydrogens is 268 g/mol. The number of aromatic nitrogens is 1. The van der Waals surface area contributed by atoms with E-state index in [-0.39, 0.29) is 5.91 Å². The van der Waals surface area contributed by atoms with E-state index in [4.69, 9.17) is 4.42 Å². The maximum Gasteiger partial charge on any atom is 0.419 e. The summed E-state index contributed by atoms with van der Waals surface area (Å²) in [5, 5.41) is 0. The number of nitrogens with zero attached hydrogens (tertiary/aromatic N) is 2. The van der Waals surface area contributed by atoms with E-state index in [0.717, 1.165) is 24.9 Å². The molecule has 114 valence electrons. The van der Waals surface area contributed by atoms with Gasteiger partial charge in [-0.25, -0.2) is 4.79 Å². The van der Waals surface area contributed by atoms with Gasteiger partial charge in [0.05, 0.1) is 5.52 Å². The molecule has 21 heavy (non-hydrogen) atoms. The minimum atomic E-state index is -0.402. The summed E-state index contributed by atoms with van der Waals surface area (Å²) in [6.45, 7) is 5.94. The predicted molar refractivity (Wildman–Crippen MR) is 82.3 cm³/mol. The van der Waals surface area contributed by atoms with Crippen LogP contribution in [0.1, 0.15) is 33.1 Å². The number of oxazole rings is 1. The highest BCUT2D eigenvalue weighted by atomic mass is 16.4. The number of hydrogen-bond donors (Lipinski definition) is 0. The van der Waals surface area contributed by atoms with E-state index in [1.165, 1.54) is 4.57 Å². The van der Waals surface area contributed by atoms with Crippen molar-refractivity contribution in [2.45, 2.75) is 39.7 Å². The van der Waals surface area contributed by atoms with Crippen LogP contribution in [-0.4, -0.2) is 28.5 Å². The first kappa shape index (κ1) is 15.4. The van der Waals surface area contributed by atoms with Gasteiger partial charge in [-0.2, -0.15) is 0 Å². The molecule has 0 atom stereocenters. The number of rotatable bonds is 7. The molecule has 1 aromatic carbocycles. The third-order valence-electron chi connectivity index (χ3n) is 3.64. The van der Waals surface area contributed by atoms with Crippen molar-refractivity contribution in [2.75, 3.05) is 13.1 Å². The largest absolute Gasteiger partial charge is 0.419 e. The molecule has 0 aliphatic heterocycles. The molecule has 0 radical (unpaired) electrons. The van der Waals surface area contributed by atoms with Gasteiger partial charge < -0.3 is 9.32 Å². The van der Waals surface area contributed by atoms with Crippen molar-refractivity contribution in [2.24, 2.45) is 0 Å². The Hall–Kier alpha value is -2.04. The van der Waals surface area contributed by atoms with Crippen LogP contribution < -0.4 is 5.76 Å². The van der Waals surface area contributed by atoms with Gasteiger partial charge in [-0.05, 0) is 25.5 Å². The van der Waals surface area contributed by atoms with Gasteiger partial charge in [0.15, 0.2) is 5.58 Å². The minimum absolute atomic E-state index is 0.0862. The Morgan fingerprint density at radius 3 is 2.76 bits per heavy atom. The molecule has 5 heteroatoms. The number of fused-ring (bicyclic) bond motifs is 1. The zero-order valence-electron chi connectivity index (χ0n) is 12.7. The van der Waals surface area contributed by atoms with E-state index in [0.29, 0.717) is 25.1 Å². The van der Waals surface area contributed by atoms with Crippen LogP contribution in [-0.2, 0) is 11.3 Å². The van der Waals surface area contributed by atoms with E-state index >= 15 is 0 Å². The van der Waals surface area contributed by atoms with E-state index in [1.54, 1.807) is 6.07 Å². The van der Waals surface area contributed by atoms with E-state index < -0.39 is 5.76 Å². The second kappa shape index (κ2) is 7.11. The molecule has 0 fully saturated rings. The molecule has 0 spiro atoms. The first-order chi connectivity index (χ1) is 10.2. The molecule has 0 aliphatic carbocycles. The summed E-state index contributed by atoms with van der Waals surface area (Å²) in [5.74, 6) is -0.316. The number of amides is 1. The Bertz CT molecular complexity index is 657. The van der Waals surface area contributed by atoms with Crippen LogP contribution in [0.4, 0.5) is 0 Å². The number of carbonyl (C=O) groups is 1. The Balaban J connectivity index is 2.06. The average Bonchev–Trinajstić information content (AvgIpc) is 2.81. The third-order valence-corrected chi connectivity index (χ3v) is 3.64. The fourth-order valence-electron chi connectivity index (χ4n) is 2.40. The molecule has 0 unspecified atom stereocenters. The standard InChI is InChI=1S/C16H22N2O3/c1-3-5-11-17(4-2)15(19)10-12-18-13-8-6-7-9-14(13)21-16(18)20/h6-9H,3-5,10-12H2,1-2H3. The Morgan fingerprint density at radius 1 is 1.29 bits per heavy atom. The van der Waals surface area contributed by atoms with Crippen molar-refractivity contribution in [3.8, 4) is 0 Å². The topological polar surface area (TPSA) is 55.5 Å². The predicted octanol–water partition coefficient (Wildman–Crippen LogP) is 2.63. The van der Waals surface area contributed by atoms with Crippen LogP contribution in [0.2, 0.25) is 0 Å². The minimum Gasteiger partial charge on any atom is -0.408 e. The van der Waals surface area contributed by atoms with E-state index in [2.05, 4.69) is 6.92 Å². The van der Waals surface area contributed by atoms with Crippen molar-refractivity contribution in [3.05, 3.63) is 34.8 Å². The van der Waals surface area contributed by atoms with Gasteiger partial charge >= 0.3 is 5.76 Å². The summed E-state index contributed by atoms with van der Waals surface area (Å²) in [6.07, 6.45) is 2.39. The van der Waals surface area contributed by atoms with Crippen molar-refractivity contribution in [1.82, 2.24) is 9.47 Å². The molecule has 2 aromatic rings. The number of unbranched alkanes of at least 4 members (excludes halogenated alkanes) is 1. The van der Waals surface area contributed by atoms with Crippen molar-refractivity contribution in [1.29, 1.82) is 0 Å². The maximum absolute atomic E-state index is 12.2. The highest BCUT2D eigenvalue weighted by Gasteiger charge is 2.14. The number of hydrogen-bond acceptors (Lipinski definition) is 3. The van der Waals surface area contributed by atoms with Crippen LogP contribution >= 0.6 is 0 Å². The quantitative estimate of drug-likeness (QED) is 0.787. The third kappa shape index (κ3) is 3.54. The van der Waals surface area contributed by atoms with Gasteiger partial charge in [-0.1, -0.05) is 25.5 Å². The Morgan fingerprint density at radius 2 is 2.05 bits per heavy atom. The summed E-state index contributed by atoms with van der Waals surface area (Å²) in [6, 6.07) is 7.27. The lowest BCUT2D eigenvalue weighted by atomic mass is 10.2. The Kier molecular flexibility index (Phi) is 5.20. The maximum atomic E-state index is 12.2. The monoisotopic (exact) mass is 290 g/mol. The SMILES string of the molecule is CCCCN(CC)C(=O)CCn1c(=O)oc2ccccc21. The number of para-hydroxylation sites is 2. The molecule has 0 saturated heterocycles. The summed E-state index contributed by atoms with van der Waals surface area (Å²) in [7, 11) is 0. The molecular formula is C16H22N2O3. The molecule has 0 aliphatic rings. The summed E-state index contributed by atoms with van der Waals surface area (Å²) in [4.78, 5) is 25.9. The Labute approximate surface area is 124 Å². The lowest BCUT2D eigenvalue weighted by Gasteiger charge is -2.20. The normalized spacial score (nSPS) is 11.0. The van der Waals surface area contributed by atoms with E-state index in [1.807, 2.05) is 30.0 Å². The van der Waals surface area contributed by atoms with Gasteiger partial charge in [0.2, 0.25) is 5.91 Å². The summed E-state index contributed by atoms with van der Waals surface area (Å²) in [5.41, 5.74) is 1.31. The molecule has 2 rings (SSSR count). The molecule has 0 saturated carbocycles. The van der Waals surface area contributed by atoms with Crippen LogP contribution in [0.3, 0.4) is 0 Å². The molecule has 1 amide bonds. The molecule has 0 N–H and O–H groups in total. The highest BCUT2D eigenvalue weighted by molar-refractivity contribution is 5.77. The van der Waals surface area contributed by atoms with Crippen LogP contribution in [0.25, 0.3) is 11.1 Å². The zero-order valence-corrected chi connectivity index (χ0v) is 12.7. The van der Waals surface area contributed by atoms with Gasteiger partial charge in [0.25, 0.3) is 0 Å². The zero-order chi connectivity index (χ0) is 15.2. The summed E-state index contributed by atoms with van der Waals surface area (Å²) < 4.78 is 6.69. The van der Waals surface area contributed by atoms with Crippen molar-refractivity contribution >= 4 is 17.0 Å². The second-order valence-corrected chi connectivity index (χ2v) is 5.06. The van der Waals surface area contributed by atoms with Crippen molar-refractivity contribution in [3.63, 3.8) is 0 Å². The number of benzene rings is 1. The number of aryl methyl sites for hydroxylation is 1. The number of carbonyl (C=O) groups excluding carboxylic acids is 1. The molecule has 5 nitrogen and oxygen atoms in total. The fraction of sp³-hybridized carbons (Fsp3) is 0.500. The lowest BCUT2D eigenvalue weighted by molar-refractivity contribution is -0.131. The molecule has 0 bridgehead atoms. The van der Waals surface area contributed by atoms with Crippen LogP contribution in [0, 0.1) is 0 Å². The summed E-state index contributed by atoms with van der Waals surface area (Å²) >= 11 is 0. The van der Waals surface area contributed by atoms with Gasteiger partial charge in [-0.15, -0.1) is 0 Å². The van der Waals surface area contributed by atoms with Crippen molar-refractivity contribution < 1.29 is 9.21 Å². The first-order valence-corrected chi connectivity index (χ1v) is 7.53. The van der Waals surface area contributed by atoms with Gasteiger partial charge in [0.1, 0.15) is 0 Å².